The highest BCUT2D eigenvalue weighted by molar-refractivity contribution is 7.91. The van der Waals surface area contributed by atoms with Crippen molar-refractivity contribution in [2.75, 3.05) is 0 Å². The predicted molar refractivity (Wildman–Crippen MR) is 105 cm³/mol. The van der Waals surface area contributed by atoms with Crippen molar-refractivity contribution in [2.24, 2.45) is 0 Å². The third kappa shape index (κ3) is 3.50. The third-order valence-electron chi connectivity index (χ3n) is 4.71. The predicted octanol–water partition coefficient (Wildman–Crippen LogP) is 0.219. The maximum Gasteiger partial charge on any atom is 0.280 e. The SMILES string of the molecule is O=C([O-])c1ccc(S(=O)(=O)c2ccc3c(c2)C(=O)N(NC(=O)c2cccnc2)C3=O)cc1. The van der Waals surface area contributed by atoms with Crippen LogP contribution in [0.15, 0.2) is 76.8 Å². The first-order valence-corrected chi connectivity index (χ1v) is 10.5. The summed E-state index contributed by atoms with van der Waals surface area (Å²) in [7, 11) is -4.12. The van der Waals surface area contributed by atoms with Gasteiger partial charge in [0.2, 0.25) is 9.84 Å². The van der Waals surface area contributed by atoms with E-state index >= 15 is 0 Å². The molecule has 2 aromatic carbocycles. The number of hydrogen-bond acceptors (Lipinski definition) is 8. The molecule has 0 radical (unpaired) electrons. The summed E-state index contributed by atoms with van der Waals surface area (Å²) in [6.07, 6.45) is 2.71. The molecule has 1 N–H and O–H groups in total. The molecule has 2 heterocycles. The van der Waals surface area contributed by atoms with Crippen LogP contribution in [0.1, 0.15) is 41.4 Å². The molecule has 10 nitrogen and oxygen atoms in total. The third-order valence-corrected chi connectivity index (χ3v) is 6.47. The van der Waals surface area contributed by atoms with Gasteiger partial charge in [-0.05, 0) is 48.0 Å². The maximum atomic E-state index is 12.9. The van der Waals surface area contributed by atoms with E-state index in [2.05, 4.69) is 10.4 Å². The second-order valence-corrected chi connectivity index (χ2v) is 8.60. The van der Waals surface area contributed by atoms with Gasteiger partial charge in [-0.1, -0.05) is 12.1 Å². The Balaban J connectivity index is 1.64. The number of sulfone groups is 1. The van der Waals surface area contributed by atoms with Gasteiger partial charge in [0.15, 0.2) is 0 Å². The molecule has 11 heteroatoms. The number of imide groups is 1. The minimum atomic E-state index is -4.12. The molecule has 1 aliphatic heterocycles. The molecule has 4 rings (SSSR count). The number of pyridine rings is 1. The lowest BCUT2D eigenvalue weighted by atomic mass is 10.1. The Morgan fingerprint density at radius 2 is 1.53 bits per heavy atom. The van der Waals surface area contributed by atoms with Crippen molar-refractivity contribution in [3.8, 4) is 0 Å². The van der Waals surface area contributed by atoms with E-state index < -0.39 is 33.5 Å². The number of nitrogens with one attached hydrogen (secondary N) is 1. The monoisotopic (exact) mass is 450 g/mol. The number of rotatable bonds is 5. The second kappa shape index (κ2) is 7.71. The van der Waals surface area contributed by atoms with Crippen molar-refractivity contribution < 1.29 is 32.7 Å². The van der Waals surface area contributed by atoms with Crippen LogP contribution in [0.3, 0.4) is 0 Å². The van der Waals surface area contributed by atoms with Crippen molar-refractivity contribution >= 4 is 33.5 Å². The Hall–Kier alpha value is -4.38. The average Bonchev–Trinajstić information content (AvgIpc) is 3.04. The van der Waals surface area contributed by atoms with Gasteiger partial charge < -0.3 is 9.90 Å². The van der Waals surface area contributed by atoms with Crippen molar-refractivity contribution in [1.29, 1.82) is 0 Å². The van der Waals surface area contributed by atoms with Crippen LogP contribution in [0.2, 0.25) is 0 Å². The normalized spacial score (nSPS) is 13.1. The summed E-state index contributed by atoms with van der Waals surface area (Å²) in [5, 5.41) is 11.4. The first kappa shape index (κ1) is 20.9. The summed E-state index contributed by atoms with van der Waals surface area (Å²) in [6, 6.07) is 10.7. The number of hydrogen-bond donors (Lipinski definition) is 1. The average molecular weight is 450 g/mol. The number of hydrazine groups is 1. The molecule has 1 aromatic heterocycles. The van der Waals surface area contributed by atoms with E-state index in [0.29, 0.717) is 5.01 Å². The number of carboxylic acid groups (broad SMARTS) is 1. The molecule has 0 saturated carbocycles. The van der Waals surface area contributed by atoms with Crippen LogP contribution in [0.5, 0.6) is 0 Å². The fraction of sp³-hybridized carbons (Fsp3) is 0. The minimum absolute atomic E-state index is 0.0762. The lowest BCUT2D eigenvalue weighted by molar-refractivity contribution is -0.255. The zero-order valence-electron chi connectivity index (χ0n) is 16.0. The van der Waals surface area contributed by atoms with Crippen LogP contribution in [0, 0.1) is 0 Å². The van der Waals surface area contributed by atoms with Crippen LogP contribution in [-0.4, -0.2) is 42.1 Å². The summed E-state index contributed by atoms with van der Waals surface area (Å²) in [5.74, 6) is -3.91. The maximum absolute atomic E-state index is 12.9. The number of fused-ring (bicyclic) bond motifs is 1. The molecule has 0 bridgehead atoms. The first-order chi connectivity index (χ1) is 15.2. The van der Waals surface area contributed by atoms with Crippen molar-refractivity contribution in [3.05, 3.63) is 89.2 Å². The molecule has 160 valence electrons. The number of carbonyl (C=O) groups excluding carboxylic acids is 4. The molecule has 0 saturated heterocycles. The highest BCUT2D eigenvalue weighted by atomic mass is 32.2. The molecule has 0 atom stereocenters. The van der Waals surface area contributed by atoms with Gasteiger partial charge in [-0.2, -0.15) is 5.01 Å². The molecule has 0 fully saturated rings. The molecule has 3 amide bonds. The highest BCUT2D eigenvalue weighted by Crippen LogP contribution is 2.28. The first-order valence-electron chi connectivity index (χ1n) is 9.00. The molecule has 0 unspecified atom stereocenters. The Morgan fingerprint density at radius 3 is 2.16 bits per heavy atom. The fourth-order valence-electron chi connectivity index (χ4n) is 3.06. The summed E-state index contributed by atoms with van der Waals surface area (Å²) < 4.78 is 25.8. The molecular formula is C21H12N3O7S-. The summed E-state index contributed by atoms with van der Waals surface area (Å²) in [4.78, 5) is 51.7. The van der Waals surface area contributed by atoms with Gasteiger partial charge in [0, 0.05) is 12.4 Å². The van der Waals surface area contributed by atoms with Gasteiger partial charge in [-0.3, -0.25) is 24.8 Å². The van der Waals surface area contributed by atoms with Crippen LogP contribution in [0.4, 0.5) is 0 Å². The van der Waals surface area contributed by atoms with E-state index in [1.165, 1.54) is 30.6 Å². The minimum Gasteiger partial charge on any atom is -0.545 e. The number of nitrogens with zero attached hydrogens (tertiary/aromatic N) is 2. The van der Waals surface area contributed by atoms with Crippen LogP contribution in [-0.2, 0) is 9.84 Å². The van der Waals surface area contributed by atoms with Crippen molar-refractivity contribution in [3.63, 3.8) is 0 Å². The Bertz CT molecular complexity index is 1380. The van der Waals surface area contributed by atoms with E-state index in [1.54, 1.807) is 0 Å². The molecular weight excluding hydrogens is 438 g/mol. The smallest absolute Gasteiger partial charge is 0.280 e. The van der Waals surface area contributed by atoms with E-state index in [1.807, 2.05) is 0 Å². The largest absolute Gasteiger partial charge is 0.545 e. The molecule has 0 spiro atoms. The molecule has 32 heavy (non-hydrogen) atoms. The van der Waals surface area contributed by atoms with Crippen molar-refractivity contribution in [1.82, 2.24) is 15.4 Å². The van der Waals surface area contributed by atoms with Gasteiger partial charge in [0.05, 0.1) is 32.5 Å². The Labute approximate surface area is 181 Å². The zero-order chi connectivity index (χ0) is 23.0. The van der Waals surface area contributed by atoms with E-state index in [0.717, 1.165) is 36.4 Å². The van der Waals surface area contributed by atoms with Crippen molar-refractivity contribution in [2.45, 2.75) is 9.79 Å². The van der Waals surface area contributed by atoms with Gasteiger partial charge in [0.25, 0.3) is 17.7 Å². The summed E-state index contributed by atoms with van der Waals surface area (Å²) in [6.45, 7) is 0. The lowest BCUT2D eigenvalue weighted by Gasteiger charge is -2.14. The number of amides is 3. The topological polar surface area (TPSA) is 154 Å². The van der Waals surface area contributed by atoms with Crippen LogP contribution in [0.25, 0.3) is 0 Å². The van der Waals surface area contributed by atoms with Crippen LogP contribution >= 0.6 is 0 Å². The number of carbonyl (C=O) groups is 4. The standard InChI is InChI=1S/C21H13N3O7S/c25-18(13-2-1-9-22-11-13)23-24-19(26)16-8-7-15(10-17(16)20(24)27)32(30,31)14-5-3-12(4-6-14)21(28)29/h1-11H,(H,23,25)(H,28,29)/p-1. The number of benzene rings is 2. The van der Waals surface area contributed by atoms with Crippen LogP contribution < -0.4 is 10.5 Å². The number of aromatic nitrogens is 1. The highest BCUT2D eigenvalue weighted by Gasteiger charge is 2.38. The molecule has 3 aromatic rings. The fourth-order valence-corrected chi connectivity index (χ4v) is 4.34. The Morgan fingerprint density at radius 1 is 0.875 bits per heavy atom. The number of aromatic carboxylic acids is 1. The van der Waals surface area contributed by atoms with E-state index in [-0.39, 0.29) is 32.0 Å². The van der Waals surface area contributed by atoms with Gasteiger partial charge in [-0.25, -0.2) is 8.42 Å². The Kier molecular flexibility index (Phi) is 5.03. The van der Waals surface area contributed by atoms with Gasteiger partial charge >= 0.3 is 0 Å². The second-order valence-electron chi connectivity index (χ2n) is 6.65. The van der Waals surface area contributed by atoms with E-state index in [9.17, 15) is 32.7 Å². The van der Waals surface area contributed by atoms with E-state index in [4.69, 9.17) is 0 Å². The quantitative estimate of drug-likeness (QED) is 0.542. The summed E-state index contributed by atoms with van der Waals surface area (Å²) >= 11 is 0. The molecule has 1 aliphatic rings. The lowest BCUT2D eigenvalue weighted by Crippen LogP contribution is -2.45. The number of carboxylic acids is 1. The van der Waals surface area contributed by atoms with Gasteiger partial charge in [0.1, 0.15) is 0 Å². The molecule has 0 aliphatic carbocycles. The van der Waals surface area contributed by atoms with Gasteiger partial charge in [-0.15, -0.1) is 0 Å². The summed E-state index contributed by atoms with van der Waals surface area (Å²) in [5.41, 5.74) is 1.84. The zero-order valence-corrected chi connectivity index (χ0v) is 16.8.